The Hall–Kier alpha value is -0.420. The van der Waals surface area contributed by atoms with Crippen molar-refractivity contribution in [1.82, 2.24) is 9.80 Å². The fourth-order valence-corrected chi connectivity index (χ4v) is 4.43. The zero-order valence-electron chi connectivity index (χ0n) is 11.2. The summed E-state index contributed by atoms with van der Waals surface area (Å²) in [4.78, 5) is 28.4. The fraction of sp³-hybridized carbons (Fsp3) is 0.833. The maximum atomic E-state index is 12.4. The molecule has 0 spiro atoms. The first-order valence-corrected chi connectivity index (χ1v) is 9.43. The summed E-state index contributed by atoms with van der Waals surface area (Å²) in [5, 5.41) is 0. The molecule has 8 heteroatoms. The molecule has 112 valence electrons. The Morgan fingerprint density at radius 1 is 0.850 bits per heavy atom. The van der Waals surface area contributed by atoms with Crippen LogP contribution in [0.5, 0.6) is 0 Å². The molecule has 0 aromatic heterocycles. The van der Waals surface area contributed by atoms with Gasteiger partial charge in [-0.25, -0.2) is 0 Å². The zero-order valence-corrected chi connectivity index (χ0v) is 13.0. The highest BCUT2D eigenvalue weighted by Crippen LogP contribution is 2.53. The number of hydrogen-bond acceptors (Lipinski definition) is 4. The lowest BCUT2D eigenvalue weighted by Crippen LogP contribution is -2.49. The predicted octanol–water partition coefficient (Wildman–Crippen LogP) is 1.21. The van der Waals surface area contributed by atoms with E-state index in [0.717, 1.165) is 51.9 Å². The normalized spacial score (nSPS) is 31.2. The van der Waals surface area contributed by atoms with Crippen molar-refractivity contribution in [2.45, 2.75) is 37.9 Å². The number of halogens is 1. The van der Waals surface area contributed by atoms with Crippen LogP contribution in [0.1, 0.15) is 25.7 Å². The molecule has 2 amide bonds. The maximum Gasteiger partial charge on any atom is 0.361 e. The van der Waals surface area contributed by atoms with E-state index < -0.39 is 19.9 Å². The smallest absolute Gasteiger partial charge is 0.340 e. The van der Waals surface area contributed by atoms with E-state index in [4.69, 9.17) is 20.3 Å². The molecule has 3 heterocycles. The number of hydrogen-bond donors (Lipinski definition) is 0. The van der Waals surface area contributed by atoms with Crippen LogP contribution < -0.4 is 0 Å². The van der Waals surface area contributed by atoms with Gasteiger partial charge in [-0.3, -0.25) is 9.59 Å². The molecule has 3 saturated heterocycles. The molecule has 3 aliphatic rings. The monoisotopic (exact) mass is 321 g/mol. The minimum Gasteiger partial charge on any atom is -0.340 e. The van der Waals surface area contributed by atoms with Crippen LogP contribution in [-0.2, 0) is 18.6 Å². The summed E-state index contributed by atoms with van der Waals surface area (Å²) >= 11 is 5.92. The molecule has 0 N–H and O–H groups in total. The lowest BCUT2D eigenvalue weighted by atomic mass is 10.1. The van der Waals surface area contributed by atoms with Crippen LogP contribution in [0.4, 0.5) is 0 Å². The minimum absolute atomic E-state index is 0.152. The summed E-state index contributed by atoms with van der Waals surface area (Å²) < 4.78 is 10.9. The molecule has 2 atom stereocenters. The highest BCUT2D eigenvalue weighted by Gasteiger charge is 2.53. The summed E-state index contributed by atoms with van der Waals surface area (Å²) in [5.41, 5.74) is 0. The number of carbonyl (C=O) groups excluding carboxylic acids is 2. The van der Waals surface area contributed by atoms with Crippen molar-refractivity contribution in [3.8, 4) is 0 Å². The second kappa shape index (κ2) is 6.14. The molecule has 0 radical (unpaired) electrons. The Morgan fingerprint density at radius 2 is 1.20 bits per heavy atom. The van der Waals surface area contributed by atoms with Crippen molar-refractivity contribution < 1.29 is 18.6 Å². The molecule has 20 heavy (non-hydrogen) atoms. The van der Waals surface area contributed by atoms with Gasteiger partial charge in [-0.1, -0.05) is 0 Å². The molecule has 3 rings (SSSR count). The van der Waals surface area contributed by atoms with Crippen LogP contribution in [0.3, 0.4) is 0 Å². The van der Waals surface area contributed by atoms with Gasteiger partial charge in [0.2, 0.25) is 12.2 Å². The van der Waals surface area contributed by atoms with Gasteiger partial charge in [-0.2, -0.15) is 9.05 Å². The molecule has 6 nitrogen and oxygen atoms in total. The third-order valence-electron chi connectivity index (χ3n) is 4.04. The van der Waals surface area contributed by atoms with Crippen LogP contribution in [0.25, 0.3) is 0 Å². The van der Waals surface area contributed by atoms with Crippen molar-refractivity contribution in [2.75, 3.05) is 26.2 Å². The van der Waals surface area contributed by atoms with Crippen LogP contribution in [-0.4, -0.2) is 60.0 Å². The molecule has 0 aromatic rings. The number of amides is 2. The van der Waals surface area contributed by atoms with Crippen LogP contribution in [0, 0.1) is 0 Å². The van der Waals surface area contributed by atoms with Crippen molar-refractivity contribution in [3.05, 3.63) is 0 Å². The van der Waals surface area contributed by atoms with Gasteiger partial charge in [-0.05, 0) is 25.7 Å². The SMILES string of the molecule is O=C([C@@H]1O[PH+](Cl)O[C@H]1C(=O)N1CCCC1)N1CCCC1. The van der Waals surface area contributed by atoms with Crippen molar-refractivity contribution in [2.24, 2.45) is 0 Å². The van der Waals surface area contributed by atoms with Gasteiger partial charge in [0.25, 0.3) is 11.8 Å². The summed E-state index contributed by atoms with van der Waals surface area (Å²) in [5.74, 6) is -0.304. The molecule has 0 aliphatic carbocycles. The van der Waals surface area contributed by atoms with Gasteiger partial charge in [0.1, 0.15) is 0 Å². The van der Waals surface area contributed by atoms with Crippen LogP contribution >= 0.6 is 19.0 Å². The van der Waals surface area contributed by atoms with Gasteiger partial charge in [0, 0.05) is 26.2 Å². The number of nitrogens with zero attached hydrogens (tertiary/aromatic N) is 2. The summed E-state index contributed by atoms with van der Waals surface area (Å²) in [6, 6.07) is 0. The van der Waals surface area contributed by atoms with Gasteiger partial charge < -0.3 is 9.80 Å². The van der Waals surface area contributed by atoms with Gasteiger partial charge in [-0.15, -0.1) is 0 Å². The van der Waals surface area contributed by atoms with Crippen molar-refractivity contribution in [3.63, 3.8) is 0 Å². The van der Waals surface area contributed by atoms with E-state index >= 15 is 0 Å². The third kappa shape index (κ3) is 2.80. The number of rotatable bonds is 2. The van der Waals surface area contributed by atoms with E-state index in [1.165, 1.54) is 0 Å². The van der Waals surface area contributed by atoms with E-state index in [9.17, 15) is 9.59 Å². The predicted molar refractivity (Wildman–Crippen MR) is 75.5 cm³/mol. The molecule has 0 aromatic carbocycles. The zero-order chi connectivity index (χ0) is 14.1. The molecule has 3 fully saturated rings. The minimum atomic E-state index is -2.02. The average Bonchev–Trinajstić information content (AvgIpc) is 3.18. The largest absolute Gasteiger partial charge is 0.361 e. The second-order valence-electron chi connectivity index (χ2n) is 5.38. The standard InChI is InChI=1S/C12H18ClN2O4P/c13-20-18-9(11(16)14-5-1-2-6-14)10(19-20)12(17)15-7-3-4-8-15/h9-10H,1-8H2/p+1/t9-,10-/m1/s1. The number of carbonyl (C=O) groups is 2. The third-order valence-corrected chi connectivity index (χ3v) is 5.45. The molecule has 0 unspecified atom stereocenters. The Labute approximate surface area is 124 Å². The molecule has 3 aliphatic heterocycles. The summed E-state index contributed by atoms with van der Waals surface area (Å²) in [6.45, 7) is 2.92. The van der Waals surface area contributed by atoms with Crippen LogP contribution in [0.15, 0.2) is 0 Å². The fourth-order valence-electron chi connectivity index (χ4n) is 2.95. The quantitative estimate of drug-likeness (QED) is 0.717. The van der Waals surface area contributed by atoms with Gasteiger partial charge in [0.15, 0.2) is 11.2 Å². The van der Waals surface area contributed by atoms with Crippen molar-refractivity contribution in [1.29, 1.82) is 0 Å². The Bertz CT molecular complexity index is 363. The van der Waals surface area contributed by atoms with E-state index in [2.05, 4.69) is 0 Å². The Kier molecular flexibility index (Phi) is 4.46. The molecule has 0 bridgehead atoms. The summed E-state index contributed by atoms with van der Waals surface area (Å²) in [7, 11) is -2.02. The average molecular weight is 322 g/mol. The topological polar surface area (TPSA) is 59.1 Å². The number of likely N-dealkylation sites (tertiary alicyclic amines) is 2. The van der Waals surface area contributed by atoms with E-state index in [1.807, 2.05) is 0 Å². The molecular formula is C12H19ClN2O4P+. The molecule has 0 saturated carbocycles. The highest BCUT2D eigenvalue weighted by molar-refractivity contribution is 7.76. The van der Waals surface area contributed by atoms with Crippen LogP contribution in [0.2, 0.25) is 0 Å². The van der Waals surface area contributed by atoms with E-state index in [-0.39, 0.29) is 11.8 Å². The van der Waals surface area contributed by atoms with Gasteiger partial charge >= 0.3 is 7.73 Å². The Balaban J connectivity index is 1.70. The lowest BCUT2D eigenvalue weighted by Gasteiger charge is -2.22. The second-order valence-corrected chi connectivity index (χ2v) is 7.25. The van der Waals surface area contributed by atoms with Gasteiger partial charge in [0.05, 0.1) is 0 Å². The van der Waals surface area contributed by atoms with E-state index in [0.29, 0.717) is 0 Å². The first-order valence-electron chi connectivity index (χ1n) is 7.10. The van der Waals surface area contributed by atoms with Crippen molar-refractivity contribution >= 4 is 30.8 Å². The Morgan fingerprint density at radius 3 is 1.55 bits per heavy atom. The lowest BCUT2D eigenvalue weighted by molar-refractivity contribution is -0.147. The molecular weight excluding hydrogens is 303 g/mol. The highest BCUT2D eigenvalue weighted by atomic mass is 35.7. The first kappa shape index (κ1) is 14.5. The first-order chi connectivity index (χ1) is 9.66. The summed E-state index contributed by atoms with van der Waals surface area (Å²) in [6.07, 6.45) is 2.30. The van der Waals surface area contributed by atoms with E-state index in [1.54, 1.807) is 9.80 Å². The maximum absolute atomic E-state index is 12.4.